The van der Waals surface area contributed by atoms with Gasteiger partial charge in [0.25, 0.3) is 0 Å². The lowest BCUT2D eigenvalue weighted by Crippen LogP contribution is -1.85. The van der Waals surface area contributed by atoms with Gasteiger partial charge in [-0.1, -0.05) is 48.5 Å². The number of thiol groups is 1. The van der Waals surface area contributed by atoms with Crippen LogP contribution >= 0.6 is 12.6 Å². The summed E-state index contributed by atoms with van der Waals surface area (Å²) in [6.45, 7) is 0. The van der Waals surface area contributed by atoms with E-state index in [-0.39, 0.29) is 0 Å². The first-order valence-corrected chi connectivity index (χ1v) is 5.93. The molecule has 0 unspecified atom stereocenters. The van der Waals surface area contributed by atoms with Gasteiger partial charge in [0.05, 0.1) is 10.5 Å². The van der Waals surface area contributed by atoms with E-state index in [1.807, 2.05) is 42.5 Å². The van der Waals surface area contributed by atoms with E-state index in [2.05, 4.69) is 35.8 Å². The summed E-state index contributed by atoms with van der Waals surface area (Å²) in [6, 6.07) is 20.5. The van der Waals surface area contributed by atoms with Gasteiger partial charge in [0.15, 0.2) is 0 Å². The molecule has 0 saturated heterocycles. The highest BCUT2D eigenvalue weighted by Crippen LogP contribution is 2.29. The van der Waals surface area contributed by atoms with Gasteiger partial charge in [-0.2, -0.15) is 0 Å². The molecule has 0 bridgehead atoms. The fraction of sp³-hybridized carbons (Fsp3) is 0. The first-order valence-electron chi connectivity index (χ1n) is 5.49. The van der Waals surface area contributed by atoms with Gasteiger partial charge in [0, 0.05) is 5.39 Å². The highest BCUT2D eigenvalue weighted by Gasteiger charge is 2.05. The van der Waals surface area contributed by atoms with Crippen LogP contribution in [0.3, 0.4) is 0 Å². The van der Waals surface area contributed by atoms with Crippen molar-refractivity contribution in [3.05, 3.63) is 60.7 Å². The molecule has 1 nitrogen and oxygen atoms in total. The Labute approximate surface area is 106 Å². The number of nitrogens with zero attached hydrogens (tertiary/aromatic N) is 1. The molecule has 0 aliphatic heterocycles. The lowest BCUT2D eigenvalue weighted by molar-refractivity contribution is 1.20. The van der Waals surface area contributed by atoms with Crippen molar-refractivity contribution in [3.63, 3.8) is 0 Å². The molecule has 0 aliphatic carbocycles. The van der Waals surface area contributed by atoms with Crippen LogP contribution in [0.2, 0.25) is 0 Å². The summed E-state index contributed by atoms with van der Waals surface area (Å²) < 4.78 is 0. The Morgan fingerprint density at radius 1 is 0.824 bits per heavy atom. The Hall–Kier alpha value is -1.80. The molecule has 82 valence electrons. The number of pyridine rings is 1. The summed E-state index contributed by atoms with van der Waals surface area (Å²) in [5.74, 6) is 0. The van der Waals surface area contributed by atoms with Gasteiger partial charge in [-0.15, -0.1) is 12.6 Å². The van der Waals surface area contributed by atoms with Crippen LogP contribution in [0.4, 0.5) is 0 Å². The van der Waals surface area contributed by atoms with Crippen molar-refractivity contribution in [1.82, 2.24) is 4.98 Å². The summed E-state index contributed by atoms with van der Waals surface area (Å²) in [4.78, 5) is 4.43. The van der Waals surface area contributed by atoms with Crippen molar-refractivity contribution in [1.29, 1.82) is 0 Å². The minimum Gasteiger partial charge on any atom is -0.242 e. The monoisotopic (exact) mass is 237 g/mol. The molecule has 1 aromatic heterocycles. The predicted octanol–water partition coefficient (Wildman–Crippen LogP) is 4.19. The van der Waals surface area contributed by atoms with E-state index < -0.39 is 0 Å². The molecule has 0 aliphatic rings. The fourth-order valence-corrected chi connectivity index (χ4v) is 2.25. The van der Waals surface area contributed by atoms with Gasteiger partial charge in [-0.05, 0) is 23.3 Å². The van der Waals surface area contributed by atoms with E-state index >= 15 is 0 Å². The first kappa shape index (κ1) is 10.4. The topological polar surface area (TPSA) is 12.9 Å². The van der Waals surface area contributed by atoms with Crippen molar-refractivity contribution in [3.8, 4) is 11.1 Å². The van der Waals surface area contributed by atoms with Gasteiger partial charge in [-0.3, -0.25) is 0 Å². The summed E-state index contributed by atoms with van der Waals surface area (Å²) in [5.41, 5.74) is 3.36. The van der Waals surface area contributed by atoms with E-state index in [4.69, 9.17) is 0 Å². The number of hydrogen-bond acceptors (Lipinski definition) is 2. The van der Waals surface area contributed by atoms with E-state index in [1.54, 1.807) is 0 Å². The molecule has 3 aromatic rings. The van der Waals surface area contributed by atoms with Gasteiger partial charge in [0.2, 0.25) is 0 Å². The molecule has 1 heterocycles. The van der Waals surface area contributed by atoms with Crippen LogP contribution in [0.5, 0.6) is 0 Å². The molecular formula is C15H11NS. The second kappa shape index (κ2) is 4.22. The number of aromatic nitrogens is 1. The normalized spacial score (nSPS) is 10.6. The van der Waals surface area contributed by atoms with Gasteiger partial charge in [0.1, 0.15) is 0 Å². The second-order valence-electron chi connectivity index (χ2n) is 3.91. The number of hydrogen-bond donors (Lipinski definition) is 1. The molecule has 0 fully saturated rings. The standard InChI is InChI=1S/C15H11NS/c17-15-10-13(11-6-2-1-3-7-11)12-8-4-5-9-14(12)16-15/h1-10H,(H,16,17). The predicted molar refractivity (Wildman–Crippen MR) is 74.4 cm³/mol. The van der Waals surface area contributed by atoms with E-state index in [0.29, 0.717) is 0 Å². The Morgan fingerprint density at radius 3 is 2.35 bits per heavy atom. The van der Waals surface area contributed by atoms with Crippen LogP contribution in [0.25, 0.3) is 22.0 Å². The highest BCUT2D eigenvalue weighted by molar-refractivity contribution is 7.80. The first-order chi connectivity index (χ1) is 8.34. The third-order valence-electron chi connectivity index (χ3n) is 2.79. The summed E-state index contributed by atoms with van der Waals surface area (Å²) in [7, 11) is 0. The lowest BCUT2D eigenvalue weighted by atomic mass is 10.0. The van der Waals surface area contributed by atoms with Crippen LogP contribution in [-0.2, 0) is 0 Å². The average molecular weight is 237 g/mol. The third-order valence-corrected chi connectivity index (χ3v) is 3.02. The largest absolute Gasteiger partial charge is 0.242 e. The Morgan fingerprint density at radius 2 is 1.53 bits per heavy atom. The molecule has 0 radical (unpaired) electrons. The molecule has 0 atom stereocenters. The minimum absolute atomic E-state index is 0.752. The maximum absolute atomic E-state index is 4.43. The SMILES string of the molecule is Sc1cc(-c2ccccc2)c2ccccc2n1. The third kappa shape index (κ3) is 1.92. The molecular weight excluding hydrogens is 226 g/mol. The van der Waals surface area contributed by atoms with Gasteiger partial charge >= 0.3 is 0 Å². The summed E-state index contributed by atoms with van der Waals surface area (Å²) >= 11 is 4.37. The molecule has 0 spiro atoms. The summed E-state index contributed by atoms with van der Waals surface area (Å²) in [5, 5.41) is 1.92. The zero-order valence-corrected chi connectivity index (χ0v) is 10.1. The average Bonchev–Trinajstić information content (AvgIpc) is 2.39. The second-order valence-corrected chi connectivity index (χ2v) is 4.37. The molecule has 2 aromatic carbocycles. The van der Waals surface area contributed by atoms with Crippen molar-refractivity contribution >= 4 is 23.5 Å². The molecule has 0 N–H and O–H groups in total. The van der Waals surface area contributed by atoms with Crippen molar-refractivity contribution in [2.45, 2.75) is 5.03 Å². The van der Waals surface area contributed by atoms with Crippen molar-refractivity contribution in [2.24, 2.45) is 0 Å². The molecule has 3 rings (SSSR count). The van der Waals surface area contributed by atoms with E-state index in [1.165, 1.54) is 11.1 Å². The van der Waals surface area contributed by atoms with Crippen LogP contribution in [0.1, 0.15) is 0 Å². The molecule has 0 saturated carbocycles. The van der Waals surface area contributed by atoms with E-state index in [0.717, 1.165) is 15.9 Å². The Balaban J connectivity index is 2.36. The number of rotatable bonds is 1. The molecule has 2 heteroatoms. The zero-order chi connectivity index (χ0) is 11.7. The van der Waals surface area contributed by atoms with Crippen LogP contribution < -0.4 is 0 Å². The fourth-order valence-electron chi connectivity index (χ4n) is 2.02. The highest BCUT2D eigenvalue weighted by atomic mass is 32.1. The molecule has 0 amide bonds. The Kier molecular flexibility index (Phi) is 2.57. The maximum atomic E-state index is 4.43. The quantitative estimate of drug-likeness (QED) is 0.626. The zero-order valence-electron chi connectivity index (χ0n) is 9.17. The van der Waals surface area contributed by atoms with Gasteiger partial charge in [-0.25, -0.2) is 4.98 Å². The number of benzene rings is 2. The van der Waals surface area contributed by atoms with Crippen molar-refractivity contribution < 1.29 is 0 Å². The van der Waals surface area contributed by atoms with E-state index in [9.17, 15) is 0 Å². The number of para-hydroxylation sites is 1. The lowest BCUT2D eigenvalue weighted by Gasteiger charge is -2.07. The Bertz CT molecular complexity index is 662. The maximum Gasteiger partial charge on any atom is 0.0943 e. The molecule has 17 heavy (non-hydrogen) atoms. The van der Waals surface area contributed by atoms with Crippen LogP contribution in [-0.4, -0.2) is 4.98 Å². The van der Waals surface area contributed by atoms with Crippen LogP contribution in [0.15, 0.2) is 65.7 Å². The smallest absolute Gasteiger partial charge is 0.0943 e. The van der Waals surface area contributed by atoms with Gasteiger partial charge < -0.3 is 0 Å². The van der Waals surface area contributed by atoms with Crippen LogP contribution in [0, 0.1) is 0 Å². The summed E-state index contributed by atoms with van der Waals surface area (Å²) in [6.07, 6.45) is 0. The minimum atomic E-state index is 0.752. The number of fused-ring (bicyclic) bond motifs is 1. The van der Waals surface area contributed by atoms with Crippen molar-refractivity contribution in [2.75, 3.05) is 0 Å².